The number of ether oxygens (including phenoxy) is 1. The van der Waals surface area contributed by atoms with Crippen LogP contribution in [0.3, 0.4) is 0 Å². The molecule has 5 nitrogen and oxygen atoms in total. The number of nitrogens with zero attached hydrogens (tertiary/aromatic N) is 2. The van der Waals surface area contributed by atoms with Gasteiger partial charge in [-0.05, 0) is 19.1 Å². The van der Waals surface area contributed by atoms with Crippen LogP contribution in [-0.4, -0.2) is 35.8 Å². The van der Waals surface area contributed by atoms with Gasteiger partial charge >= 0.3 is 0 Å². The number of nitrogens with one attached hydrogen (secondary N) is 2. The maximum absolute atomic E-state index is 5.61. The van der Waals surface area contributed by atoms with Crippen molar-refractivity contribution >= 4 is 5.65 Å². The van der Waals surface area contributed by atoms with E-state index in [1.165, 1.54) is 5.69 Å². The van der Waals surface area contributed by atoms with Crippen LogP contribution in [0.1, 0.15) is 11.4 Å². The number of aromatic nitrogens is 2. The highest BCUT2D eigenvalue weighted by Crippen LogP contribution is 2.11. The molecule has 2 aromatic heterocycles. The highest BCUT2D eigenvalue weighted by Gasteiger charge is 2.16. The second-order valence-corrected chi connectivity index (χ2v) is 5.04. The molecule has 0 unspecified atom stereocenters. The van der Waals surface area contributed by atoms with Crippen molar-refractivity contribution in [2.75, 3.05) is 26.4 Å². The first kappa shape index (κ1) is 12.6. The van der Waals surface area contributed by atoms with Gasteiger partial charge in [0.05, 0.1) is 24.7 Å². The van der Waals surface area contributed by atoms with Crippen LogP contribution in [0.15, 0.2) is 24.4 Å². The largest absolute Gasteiger partial charge is 0.366 e. The minimum atomic E-state index is 0.593. The Morgan fingerprint density at radius 2 is 2.37 bits per heavy atom. The van der Waals surface area contributed by atoms with Crippen LogP contribution in [0.4, 0.5) is 0 Å². The zero-order valence-electron chi connectivity index (χ0n) is 11.2. The minimum Gasteiger partial charge on any atom is -0.366 e. The molecule has 1 aliphatic rings. The summed E-state index contributed by atoms with van der Waals surface area (Å²) in [4.78, 5) is 4.54. The third kappa shape index (κ3) is 2.78. The van der Waals surface area contributed by atoms with Crippen molar-refractivity contribution in [3.8, 4) is 0 Å². The summed E-state index contributed by atoms with van der Waals surface area (Å²) < 4.78 is 7.73. The lowest BCUT2D eigenvalue weighted by molar-refractivity contribution is 0.0668. The van der Waals surface area contributed by atoms with Crippen LogP contribution in [-0.2, 0) is 11.3 Å². The molecule has 2 aromatic rings. The Bertz CT molecular complexity index is 547. The number of pyridine rings is 1. The predicted octanol–water partition coefficient (Wildman–Crippen LogP) is 0.926. The van der Waals surface area contributed by atoms with E-state index in [9.17, 15) is 0 Å². The highest BCUT2D eigenvalue weighted by atomic mass is 16.5. The summed E-state index contributed by atoms with van der Waals surface area (Å²) in [6.45, 7) is 6.44. The first-order valence-electron chi connectivity index (χ1n) is 6.76. The van der Waals surface area contributed by atoms with Crippen molar-refractivity contribution in [1.82, 2.24) is 20.0 Å². The van der Waals surface area contributed by atoms with E-state index in [0.29, 0.717) is 12.6 Å². The predicted molar refractivity (Wildman–Crippen MR) is 73.9 cm³/mol. The van der Waals surface area contributed by atoms with Crippen molar-refractivity contribution < 1.29 is 4.74 Å². The zero-order chi connectivity index (χ0) is 13.1. The lowest BCUT2D eigenvalue weighted by atomic mass is 10.1. The van der Waals surface area contributed by atoms with E-state index in [2.05, 4.69) is 20.0 Å². The standard InChI is InChI=1S/C14H20N4O/c1-11-13(18-5-3-2-4-14(18)17-11)8-16-10-19-9-12-6-15-7-12/h2-5,12,15-16H,6-10H2,1H3. The molecular formula is C14H20N4O. The highest BCUT2D eigenvalue weighted by molar-refractivity contribution is 5.42. The first-order valence-corrected chi connectivity index (χ1v) is 6.76. The molecule has 3 heterocycles. The molecule has 0 spiro atoms. The van der Waals surface area contributed by atoms with E-state index >= 15 is 0 Å². The van der Waals surface area contributed by atoms with Crippen molar-refractivity contribution in [3.63, 3.8) is 0 Å². The molecule has 1 fully saturated rings. The van der Waals surface area contributed by atoms with Crippen LogP contribution in [0.5, 0.6) is 0 Å². The van der Waals surface area contributed by atoms with Gasteiger partial charge in [0.15, 0.2) is 0 Å². The van der Waals surface area contributed by atoms with E-state index in [0.717, 1.165) is 37.6 Å². The van der Waals surface area contributed by atoms with Gasteiger partial charge in [-0.3, -0.25) is 5.32 Å². The summed E-state index contributed by atoms with van der Waals surface area (Å²) in [6.07, 6.45) is 2.05. The molecule has 1 saturated heterocycles. The Kier molecular flexibility index (Phi) is 3.77. The van der Waals surface area contributed by atoms with Crippen molar-refractivity contribution in [2.45, 2.75) is 13.5 Å². The number of aryl methyl sites for hydroxylation is 1. The van der Waals surface area contributed by atoms with Gasteiger partial charge in [-0.1, -0.05) is 6.07 Å². The number of fused-ring (bicyclic) bond motifs is 1. The monoisotopic (exact) mass is 260 g/mol. The van der Waals surface area contributed by atoms with Crippen LogP contribution in [0.25, 0.3) is 5.65 Å². The van der Waals surface area contributed by atoms with Crippen molar-refractivity contribution in [1.29, 1.82) is 0 Å². The van der Waals surface area contributed by atoms with Crippen LogP contribution >= 0.6 is 0 Å². The topological polar surface area (TPSA) is 50.6 Å². The summed E-state index contributed by atoms with van der Waals surface area (Å²) >= 11 is 0. The molecule has 0 aliphatic carbocycles. The lowest BCUT2D eigenvalue weighted by Crippen LogP contribution is -2.44. The molecule has 0 radical (unpaired) electrons. The fourth-order valence-corrected chi connectivity index (χ4v) is 2.31. The quantitative estimate of drug-likeness (QED) is 0.599. The molecule has 19 heavy (non-hydrogen) atoms. The Morgan fingerprint density at radius 3 is 3.16 bits per heavy atom. The maximum Gasteiger partial charge on any atom is 0.137 e. The maximum atomic E-state index is 5.61. The van der Waals surface area contributed by atoms with Gasteiger partial charge in [0, 0.05) is 31.7 Å². The second-order valence-electron chi connectivity index (χ2n) is 5.04. The molecule has 5 heteroatoms. The summed E-state index contributed by atoms with van der Waals surface area (Å²) in [5.74, 6) is 0.694. The molecule has 2 N–H and O–H groups in total. The second kappa shape index (κ2) is 5.69. The lowest BCUT2D eigenvalue weighted by Gasteiger charge is -2.26. The number of hydrogen-bond acceptors (Lipinski definition) is 4. The van der Waals surface area contributed by atoms with Gasteiger partial charge in [-0.25, -0.2) is 4.98 Å². The fraction of sp³-hybridized carbons (Fsp3) is 0.500. The minimum absolute atomic E-state index is 0.593. The Labute approximate surface area is 113 Å². The summed E-state index contributed by atoms with van der Waals surface area (Å²) in [6, 6.07) is 6.06. The summed E-state index contributed by atoms with van der Waals surface area (Å²) in [7, 11) is 0. The molecule has 0 bridgehead atoms. The SMILES string of the molecule is Cc1nc2ccccn2c1CNCOCC1CNC1. The molecule has 102 valence electrons. The van der Waals surface area contributed by atoms with Crippen LogP contribution in [0.2, 0.25) is 0 Å². The fourth-order valence-electron chi connectivity index (χ4n) is 2.31. The van der Waals surface area contributed by atoms with Gasteiger partial charge in [0.2, 0.25) is 0 Å². The molecule has 3 rings (SSSR count). The Morgan fingerprint density at radius 1 is 1.47 bits per heavy atom. The molecule has 1 aliphatic heterocycles. The molecule has 0 amide bonds. The third-order valence-electron chi connectivity index (χ3n) is 3.55. The Hall–Kier alpha value is -1.43. The zero-order valence-corrected chi connectivity index (χ0v) is 11.2. The normalized spacial score (nSPS) is 15.8. The van der Waals surface area contributed by atoms with E-state index in [1.807, 2.05) is 31.3 Å². The average molecular weight is 260 g/mol. The van der Waals surface area contributed by atoms with Gasteiger partial charge in [0.25, 0.3) is 0 Å². The Balaban J connectivity index is 1.51. The van der Waals surface area contributed by atoms with Gasteiger partial charge in [-0.15, -0.1) is 0 Å². The first-order chi connectivity index (χ1) is 9.34. The number of rotatable bonds is 6. The van der Waals surface area contributed by atoms with Crippen molar-refractivity contribution in [3.05, 3.63) is 35.8 Å². The van der Waals surface area contributed by atoms with Gasteiger partial charge < -0.3 is 14.5 Å². The summed E-state index contributed by atoms with van der Waals surface area (Å²) in [5.41, 5.74) is 3.27. The number of imidazole rings is 1. The number of hydrogen-bond donors (Lipinski definition) is 2. The van der Waals surface area contributed by atoms with Crippen LogP contribution in [0, 0.1) is 12.8 Å². The van der Waals surface area contributed by atoms with E-state index in [4.69, 9.17) is 4.74 Å². The average Bonchev–Trinajstić information content (AvgIpc) is 2.67. The molecular weight excluding hydrogens is 240 g/mol. The van der Waals surface area contributed by atoms with E-state index in [1.54, 1.807) is 0 Å². The summed E-state index contributed by atoms with van der Waals surface area (Å²) in [5, 5.41) is 6.56. The smallest absolute Gasteiger partial charge is 0.137 e. The van der Waals surface area contributed by atoms with Crippen molar-refractivity contribution in [2.24, 2.45) is 5.92 Å². The van der Waals surface area contributed by atoms with Gasteiger partial charge in [0.1, 0.15) is 5.65 Å². The molecule has 0 aromatic carbocycles. The van der Waals surface area contributed by atoms with E-state index < -0.39 is 0 Å². The van der Waals surface area contributed by atoms with E-state index in [-0.39, 0.29) is 0 Å². The molecule has 0 atom stereocenters. The molecule has 0 saturated carbocycles. The van der Waals surface area contributed by atoms with Crippen LogP contribution < -0.4 is 10.6 Å². The van der Waals surface area contributed by atoms with Gasteiger partial charge in [-0.2, -0.15) is 0 Å². The third-order valence-corrected chi connectivity index (χ3v) is 3.55.